The SMILES string of the molecule is CC(C)c1ccc(C(C(=O)O)c2ccc(N)cc2)cc1. The highest BCUT2D eigenvalue weighted by molar-refractivity contribution is 5.80. The van der Waals surface area contributed by atoms with Gasteiger partial charge in [0.05, 0.1) is 0 Å². The van der Waals surface area contributed by atoms with E-state index in [1.807, 2.05) is 24.3 Å². The van der Waals surface area contributed by atoms with Crippen LogP contribution in [0.15, 0.2) is 48.5 Å². The first kappa shape index (κ1) is 14.1. The molecule has 3 N–H and O–H groups in total. The van der Waals surface area contributed by atoms with E-state index in [1.54, 1.807) is 24.3 Å². The van der Waals surface area contributed by atoms with Crippen LogP contribution in [0.1, 0.15) is 42.4 Å². The molecule has 0 bridgehead atoms. The first-order valence-corrected chi connectivity index (χ1v) is 6.67. The third-order valence-corrected chi connectivity index (χ3v) is 3.45. The molecule has 0 heterocycles. The Balaban J connectivity index is 2.38. The highest BCUT2D eigenvalue weighted by Crippen LogP contribution is 2.27. The van der Waals surface area contributed by atoms with Crippen molar-refractivity contribution in [2.45, 2.75) is 25.7 Å². The normalized spacial score (nSPS) is 12.3. The maximum Gasteiger partial charge on any atom is 0.315 e. The average Bonchev–Trinajstić information content (AvgIpc) is 2.41. The van der Waals surface area contributed by atoms with Crippen molar-refractivity contribution in [3.8, 4) is 0 Å². The van der Waals surface area contributed by atoms with Gasteiger partial charge in [0.2, 0.25) is 0 Å². The quantitative estimate of drug-likeness (QED) is 0.833. The number of anilines is 1. The summed E-state index contributed by atoms with van der Waals surface area (Å²) in [6.07, 6.45) is 0. The lowest BCUT2D eigenvalue weighted by atomic mass is 9.89. The molecule has 0 spiro atoms. The molecule has 1 unspecified atom stereocenters. The van der Waals surface area contributed by atoms with Gasteiger partial charge in [-0.2, -0.15) is 0 Å². The van der Waals surface area contributed by atoms with E-state index in [4.69, 9.17) is 5.73 Å². The molecule has 0 aliphatic heterocycles. The largest absolute Gasteiger partial charge is 0.481 e. The van der Waals surface area contributed by atoms with Crippen LogP contribution in [0.3, 0.4) is 0 Å². The second-order valence-corrected chi connectivity index (χ2v) is 5.26. The molecule has 0 aliphatic carbocycles. The summed E-state index contributed by atoms with van der Waals surface area (Å²) in [4.78, 5) is 11.6. The number of carboxylic acids is 1. The summed E-state index contributed by atoms with van der Waals surface area (Å²) in [5.74, 6) is -1.08. The predicted molar refractivity (Wildman–Crippen MR) is 80.9 cm³/mol. The van der Waals surface area contributed by atoms with E-state index in [9.17, 15) is 9.90 Å². The van der Waals surface area contributed by atoms with Crippen LogP contribution in [-0.2, 0) is 4.79 Å². The van der Waals surface area contributed by atoms with E-state index in [0.717, 1.165) is 11.1 Å². The molecule has 0 aromatic heterocycles. The number of hydrogen-bond donors (Lipinski definition) is 2. The van der Waals surface area contributed by atoms with Gasteiger partial charge in [0, 0.05) is 5.69 Å². The molecule has 0 saturated heterocycles. The first-order chi connectivity index (χ1) is 9.49. The summed E-state index contributed by atoms with van der Waals surface area (Å²) < 4.78 is 0. The Bertz CT molecular complexity index is 585. The predicted octanol–water partition coefficient (Wildman–Crippen LogP) is 3.61. The van der Waals surface area contributed by atoms with E-state index < -0.39 is 11.9 Å². The number of aliphatic carboxylic acids is 1. The Labute approximate surface area is 119 Å². The van der Waals surface area contributed by atoms with Gasteiger partial charge in [0.15, 0.2) is 0 Å². The van der Waals surface area contributed by atoms with Gasteiger partial charge in [-0.05, 0) is 34.7 Å². The Hall–Kier alpha value is -2.29. The number of nitrogen functional groups attached to an aromatic ring is 1. The summed E-state index contributed by atoms with van der Waals surface area (Å²) in [7, 11) is 0. The van der Waals surface area contributed by atoms with Gasteiger partial charge in [-0.25, -0.2) is 0 Å². The van der Waals surface area contributed by atoms with Crippen molar-refractivity contribution in [1.82, 2.24) is 0 Å². The summed E-state index contributed by atoms with van der Waals surface area (Å²) in [6.45, 7) is 4.23. The molecule has 1 atom stereocenters. The van der Waals surface area contributed by atoms with Crippen molar-refractivity contribution in [3.05, 3.63) is 65.2 Å². The number of hydrogen-bond acceptors (Lipinski definition) is 2. The van der Waals surface area contributed by atoms with E-state index in [0.29, 0.717) is 11.6 Å². The third kappa shape index (κ3) is 2.99. The second-order valence-electron chi connectivity index (χ2n) is 5.26. The maximum absolute atomic E-state index is 11.6. The summed E-state index contributed by atoms with van der Waals surface area (Å²) in [5.41, 5.74) is 9.01. The van der Waals surface area contributed by atoms with Gasteiger partial charge in [0.1, 0.15) is 5.92 Å². The zero-order valence-corrected chi connectivity index (χ0v) is 11.7. The lowest BCUT2D eigenvalue weighted by Crippen LogP contribution is -2.13. The minimum Gasteiger partial charge on any atom is -0.481 e. The fourth-order valence-electron chi connectivity index (χ4n) is 2.24. The average molecular weight is 269 g/mol. The van der Waals surface area contributed by atoms with Gasteiger partial charge in [0.25, 0.3) is 0 Å². The highest BCUT2D eigenvalue weighted by Gasteiger charge is 2.21. The van der Waals surface area contributed by atoms with E-state index in [2.05, 4.69) is 13.8 Å². The van der Waals surface area contributed by atoms with E-state index >= 15 is 0 Å². The zero-order valence-electron chi connectivity index (χ0n) is 11.7. The number of rotatable bonds is 4. The summed E-state index contributed by atoms with van der Waals surface area (Å²) >= 11 is 0. The molecule has 0 fully saturated rings. The van der Waals surface area contributed by atoms with Gasteiger partial charge in [-0.3, -0.25) is 4.79 Å². The van der Waals surface area contributed by atoms with Crippen molar-refractivity contribution >= 4 is 11.7 Å². The summed E-state index contributed by atoms with van der Waals surface area (Å²) in [6, 6.07) is 14.8. The van der Waals surface area contributed by atoms with E-state index in [-0.39, 0.29) is 0 Å². The molecule has 0 amide bonds. The number of carbonyl (C=O) groups is 1. The Morgan fingerprint density at radius 3 is 1.70 bits per heavy atom. The summed E-state index contributed by atoms with van der Waals surface area (Å²) in [5, 5.41) is 9.50. The molecule has 3 heteroatoms. The molecule has 3 nitrogen and oxygen atoms in total. The lowest BCUT2D eigenvalue weighted by Gasteiger charge is -2.15. The molecule has 2 rings (SSSR count). The smallest absolute Gasteiger partial charge is 0.315 e. The number of carboxylic acid groups (broad SMARTS) is 1. The zero-order chi connectivity index (χ0) is 14.7. The van der Waals surface area contributed by atoms with Crippen LogP contribution in [0.5, 0.6) is 0 Å². The number of nitrogens with two attached hydrogens (primary N) is 1. The third-order valence-electron chi connectivity index (χ3n) is 3.45. The first-order valence-electron chi connectivity index (χ1n) is 6.67. The van der Waals surface area contributed by atoms with Crippen LogP contribution in [0.2, 0.25) is 0 Å². The van der Waals surface area contributed by atoms with Crippen molar-refractivity contribution in [2.24, 2.45) is 0 Å². The monoisotopic (exact) mass is 269 g/mol. The molecule has 2 aromatic rings. The van der Waals surface area contributed by atoms with Crippen molar-refractivity contribution in [3.63, 3.8) is 0 Å². The van der Waals surface area contributed by atoms with Gasteiger partial charge >= 0.3 is 5.97 Å². The van der Waals surface area contributed by atoms with E-state index in [1.165, 1.54) is 5.56 Å². The minimum absolute atomic E-state index is 0.434. The molecular formula is C17H19NO2. The van der Waals surface area contributed by atoms with Crippen LogP contribution in [-0.4, -0.2) is 11.1 Å². The molecule has 0 radical (unpaired) electrons. The van der Waals surface area contributed by atoms with Crippen LogP contribution >= 0.6 is 0 Å². The van der Waals surface area contributed by atoms with Gasteiger partial charge in [-0.15, -0.1) is 0 Å². The van der Waals surface area contributed by atoms with Crippen LogP contribution < -0.4 is 5.73 Å². The molecule has 0 saturated carbocycles. The van der Waals surface area contributed by atoms with Crippen molar-refractivity contribution in [2.75, 3.05) is 5.73 Å². The maximum atomic E-state index is 11.6. The molecule has 2 aromatic carbocycles. The Kier molecular flexibility index (Phi) is 4.08. The van der Waals surface area contributed by atoms with Crippen LogP contribution in [0.4, 0.5) is 5.69 Å². The van der Waals surface area contributed by atoms with Crippen molar-refractivity contribution < 1.29 is 9.90 Å². The Morgan fingerprint density at radius 1 is 0.900 bits per heavy atom. The molecule has 104 valence electrons. The second kappa shape index (κ2) is 5.78. The highest BCUT2D eigenvalue weighted by atomic mass is 16.4. The van der Waals surface area contributed by atoms with Crippen molar-refractivity contribution in [1.29, 1.82) is 0 Å². The lowest BCUT2D eigenvalue weighted by molar-refractivity contribution is -0.137. The van der Waals surface area contributed by atoms with Gasteiger partial charge < -0.3 is 10.8 Å². The Morgan fingerprint density at radius 2 is 1.30 bits per heavy atom. The van der Waals surface area contributed by atoms with Crippen LogP contribution in [0.25, 0.3) is 0 Å². The molecule has 0 aliphatic rings. The molecular weight excluding hydrogens is 250 g/mol. The standard InChI is InChI=1S/C17H19NO2/c1-11(2)12-3-5-13(6-4-12)16(17(19)20)14-7-9-15(18)10-8-14/h3-11,16H,18H2,1-2H3,(H,19,20). The topological polar surface area (TPSA) is 63.3 Å². The fraction of sp³-hybridized carbons (Fsp3) is 0.235. The van der Waals surface area contributed by atoms with Gasteiger partial charge in [-0.1, -0.05) is 50.2 Å². The number of benzene rings is 2. The van der Waals surface area contributed by atoms with Crippen LogP contribution in [0, 0.1) is 0 Å². The molecule has 20 heavy (non-hydrogen) atoms. The minimum atomic E-state index is -0.855. The fourth-order valence-corrected chi connectivity index (χ4v) is 2.24.